The van der Waals surface area contributed by atoms with Crippen molar-refractivity contribution in [2.75, 3.05) is 31.1 Å². The molecule has 2 amide bonds. The molecule has 0 bridgehead atoms. The van der Waals surface area contributed by atoms with Gasteiger partial charge in [0.1, 0.15) is 0 Å². The molecule has 1 N–H and O–H groups in total. The van der Waals surface area contributed by atoms with Crippen molar-refractivity contribution in [2.24, 2.45) is 5.41 Å². The highest BCUT2D eigenvalue weighted by atomic mass is 35.5. The quantitative estimate of drug-likeness (QED) is 0.741. The number of benzene rings is 1. The molecule has 1 aliphatic carbocycles. The van der Waals surface area contributed by atoms with Gasteiger partial charge in [0.25, 0.3) is 0 Å². The van der Waals surface area contributed by atoms with Gasteiger partial charge in [-0.25, -0.2) is 14.8 Å². The molecule has 2 aromatic rings. The van der Waals surface area contributed by atoms with Crippen LogP contribution in [0.3, 0.4) is 0 Å². The summed E-state index contributed by atoms with van der Waals surface area (Å²) >= 11 is 6.08. The largest absolute Gasteiger partial charge is 0.337 e. The summed E-state index contributed by atoms with van der Waals surface area (Å²) in [4.78, 5) is 28.7. The third-order valence-electron chi connectivity index (χ3n) is 7.40. The Labute approximate surface area is 201 Å². The topological polar surface area (TPSA) is 64.6 Å². The van der Waals surface area contributed by atoms with Crippen LogP contribution in [0, 0.1) is 12.3 Å². The average molecular weight is 469 g/mol. The number of nitrogens with zero attached hydrogens (tertiary/aromatic N) is 5. The maximum Gasteiger partial charge on any atom is 0.318 e. The highest BCUT2D eigenvalue weighted by molar-refractivity contribution is 6.31. The second kappa shape index (κ2) is 8.76. The number of amides is 2. The van der Waals surface area contributed by atoms with E-state index in [-0.39, 0.29) is 24.2 Å². The standard InChI is InChI=1S/C25H33ClN6O/c1-17-12-31(23-27-11-22(26)19(3)28-23)13-18(2)32(17)24(33)29-21-9-25(10-21)15-30(16-25)14-20-7-5-4-6-8-20/h4-8,11,17-18,21H,9-10,12-16H2,1-3H3,(H,29,33)/t17-,18+. The van der Waals surface area contributed by atoms with Crippen LogP contribution in [0.2, 0.25) is 5.02 Å². The second-order valence-corrected chi connectivity index (χ2v) is 10.7. The van der Waals surface area contributed by atoms with E-state index in [4.69, 9.17) is 11.6 Å². The summed E-state index contributed by atoms with van der Waals surface area (Å²) in [7, 11) is 0. The van der Waals surface area contributed by atoms with Crippen LogP contribution in [0.25, 0.3) is 0 Å². The Hall–Kier alpha value is -2.38. The van der Waals surface area contributed by atoms with E-state index < -0.39 is 0 Å². The second-order valence-electron chi connectivity index (χ2n) is 10.3. The molecule has 2 aliphatic heterocycles. The predicted molar refractivity (Wildman–Crippen MR) is 130 cm³/mol. The summed E-state index contributed by atoms with van der Waals surface area (Å²) in [6.45, 7) is 10.8. The van der Waals surface area contributed by atoms with Crippen LogP contribution in [0.5, 0.6) is 0 Å². The van der Waals surface area contributed by atoms with Crippen molar-refractivity contribution >= 4 is 23.6 Å². The van der Waals surface area contributed by atoms with E-state index in [1.807, 2.05) is 11.8 Å². The van der Waals surface area contributed by atoms with Gasteiger partial charge in [-0.2, -0.15) is 0 Å². The average Bonchev–Trinajstić information content (AvgIpc) is 2.73. The van der Waals surface area contributed by atoms with Gasteiger partial charge in [0, 0.05) is 50.8 Å². The molecule has 1 spiro atoms. The molecular formula is C25H33ClN6O. The number of carbonyl (C=O) groups excluding carboxylic acids is 1. The van der Waals surface area contributed by atoms with E-state index in [1.54, 1.807) is 6.20 Å². The van der Waals surface area contributed by atoms with Crippen molar-refractivity contribution in [2.45, 2.75) is 58.3 Å². The normalized spacial score (nSPS) is 25.0. The number of halogens is 1. The number of piperazine rings is 1. The molecule has 1 saturated carbocycles. The lowest BCUT2D eigenvalue weighted by Gasteiger charge is -2.59. The molecule has 2 saturated heterocycles. The minimum absolute atomic E-state index is 0.0585. The molecule has 1 aromatic heterocycles. The van der Waals surface area contributed by atoms with Crippen LogP contribution < -0.4 is 10.2 Å². The van der Waals surface area contributed by atoms with Crippen LogP contribution in [0.1, 0.15) is 37.9 Å². The predicted octanol–water partition coefficient (Wildman–Crippen LogP) is 3.71. The summed E-state index contributed by atoms with van der Waals surface area (Å²) in [5.41, 5.74) is 2.56. The number of aryl methyl sites for hydroxylation is 1. The number of carbonyl (C=O) groups is 1. The number of likely N-dealkylation sites (tertiary alicyclic amines) is 1. The zero-order valence-electron chi connectivity index (χ0n) is 19.7. The van der Waals surface area contributed by atoms with Gasteiger partial charge in [-0.15, -0.1) is 0 Å². The van der Waals surface area contributed by atoms with Crippen LogP contribution >= 0.6 is 11.6 Å². The Kier molecular flexibility index (Phi) is 5.95. The number of nitrogens with one attached hydrogen (secondary N) is 1. The Morgan fingerprint density at radius 2 is 1.82 bits per heavy atom. The van der Waals surface area contributed by atoms with E-state index >= 15 is 0 Å². The molecule has 2 atom stereocenters. The lowest BCUT2D eigenvalue weighted by Crippen LogP contribution is -2.68. The highest BCUT2D eigenvalue weighted by Gasteiger charge is 2.52. The van der Waals surface area contributed by atoms with Crippen molar-refractivity contribution in [3.8, 4) is 0 Å². The summed E-state index contributed by atoms with van der Waals surface area (Å²) in [6, 6.07) is 11.2. The molecule has 33 heavy (non-hydrogen) atoms. The number of anilines is 1. The lowest BCUT2D eigenvalue weighted by atomic mass is 9.60. The molecule has 0 unspecified atom stereocenters. The molecule has 3 aliphatic rings. The zero-order valence-corrected chi connectivity index (χ0v) is 20.4. The Morgan fingerprint density at radius 3 is 2.45 bits per heavy atom. The summed E-state index contributed by atoms with van der Waals surface area (Å²) in [5, 5.41) is 3.88. The Balaban J connectivity index is 1.10. The van der Waals surface area contributed by atoms with Gasteiger partial charge in [0.05, 0.1) is 16.9 Å². The molecule has 0 radical (unpaired) electrons. The molecule has 3 heterocycles. The molecule has 176 valence electrons. The maximum atomic E-state index is 13.1. The van der Waals surface area contributed by atoms with Gasteiger partial charge < -0.3 is 15.1 Å². The smallest absolute Gasteiger partial charge is 0.318 e. The highest BCUT2D eigenvalue weighted by Crippen LogP contribution is 2.48. The van der Waals surface area contributed by atoms with E-state index in [1.165, 1.54) is 5.56 Å². The van der Waals surface area contributed by atoms with Crippen LogP contribution in [-0.2, 0) is 6.54 Å². The minimum atomic E-state index is 0.0585. The Morgan fingerprint density at radius 1 is 1.15 bits per heavy atom. The van der Waals surface area contributed by atoms with Gasteiger partial charge in [0.2, 0.25) is 5.95 Å². The first-order valence-electron chi connectivity index (χ1n) is 11.9. The lowest BCUT2D eigenvalue weighted by molar-refractivity contribution is -0.0812. The SMILES string of the molecule is Cc1nc(N2C[C@@H](C)N(C(=O)NC3CC4(C3)CN(Cc3ccccc3)C4)[C@@H](C)C2)ncc1Cl. The van der Waals surface area contributed by atoms with Gasteiger partial charge in [-0.3, -0.25) is 4.90 Å². The molecule has 1 aromatic carbocycles. The van der Waals surface area contributed by atoms with Crippen molar-refractivity contribution in [3.63, 3.8) is 0 Å². The third kappa shape index (κ3) is 4.53. The monoisotopic (exact) mass is 468 g/mol. The fourth-order valence-electron chi connectivity index (χ4n) is 5.93. The first-order chi connectivity index (χ1) is 15.8. The van der Waals surface area contributed by atoms with Crippen LogP contribution in [-0.4, -0.2) is 70.1 Å². The number of rotatable bonds is 4. The molecule has 3 fully saturated rings. The van der Waals surface area contributed by atoms with Gasteiger partial charge in [-0.1, -0.05) is 41.9 Å². The van der Waals surface area contributed by atoms with Gasteiger partial charge >= 0.3 is 6.03 Å². The fourth-order valence-corrected chi connectivity index (χ4v) is 6.02. The van der Waals surface area contributed by atoms with E-state index in [0.717, 1.165) is 38.2 Å². The van der Waals surface area contributed by atoms with Crippen molar-refractivity contribution in [1.29, 1.82) is 0 Å². The molecule has 8 heteroatoms. The van der Waals surface area contributed by atoms with E-state index in [2.05, 4.69) is 69.3 Å². The first kappa shape index (κ1) is 22.4. The third-order valence-corrected chi connectivity index (χ3v) is 7.77. The van der Waals surface area contributed by atoms with Gasteiger partial charge in [-0.05, 0) is 44.6 Å². The van der Waals surface area contributed by atoms with E-state index in [9.17, 15) is 4.79 Å². The first-order valence-corrected chi connectivity index (χ1v) is 12.3. The van der Waals surface area contributed by atoms with Gasteiger partial charge in [0.15, 0.2) is 0 Å². The van der Waals surface area contributed by atoms with Crippen LogP contribution in [0.4, 0.5) is 10.7 Å². The summed E-state index contributed by atoms with van der Waals surface area (Å²) in [6.07, 6.45) is 3.83. The number of hydrogen-bond acceptors (Lipinski definition) is 5. The summed E-state index contributed by atoms with van der Waals surface area (Å²) in [5.74, 6) is 0.682. The summed E-state index contributed by atoms with van der Waals surface area (Å²) < 4.78 is 0. The Bertz CT molecular complexity index is 991. The van der Waals surface area contributed by atoms with Crippen molar-refractivity contribution in [1.82, 2.24) is 25.1 Å². The zero-order chi connectivity index (χ0) is 23.2. The van der Waals surface area contributed by atoms with Crippen molar-refractivity contribution < 1.29 is 4.79 Å². The molecular weight excluding hydrogens is 436 g/mol. The number of aromatic nitrogens is 2. The van der Waals surface area contributed by atoms with Crippen LogP contribution in [0.15, 0.2) is 36.5 Å². The fraction of sp³-hybridized carbons (Fsp3) is 0.560. The molecule has 7 nitrogen and oxygen atoms in total. The van der Waals surface area contributed by atoms with Crippen molar-refractivity contribution in [3.05, 3.63) is 52.8 Å². The molecule has 5 rings (SSSR count). The van der Waals surface area contributed by atoms with E-state index in [0.29, 0.717) is 29.5 Å². The minimum Gasteiger partial charge on any atom is -0.337 e. The number of hydrogen-bond donors (Lipinski definition) is 1. The maximum absolute atomic E-state index is 13.1. The number of urea groups is 1.